The zero-order valence-corrected chi connectivity index (χ0v) is 13.9. The van der Waals surface area contributed by atoms with Crippen LogP contribution in [0.3, 0.4) is 0 Å². The quantitative estimate of drug-likeness (QED) is 0.699. The highest BCUT2D eigenvalue weighted by atomic mass is 79.9. The molecule has 2 rings (SSSR count). The third kappa shape index (κ3) is 4.34. The molecule has 0 radical (unpaired) electrons. The lowest BCUT2D eigenvalue weighted by molar-refractivity contribution is 0.493. The molecule has 0 aliphatic rings. The Hall–Kier alpha value is -0.830. The van der Waals surface area contributed by atoms with Gasteiger partial charge in [0.15, 0.2) is 0 Å². The highest BCUT2D eigenvalue weighted by Gasteiger charge is 2.10. The summed E-state index contributed by atoms with van der Waals surface area (Å²) in [6.07, 6.45) is 2.30. The second-order valence-corrected chi connectivity index (χ2v) is 6.16. The van der Waals surface area contributed by atoms with E-state index in [-0.39, 0.29) is 0 Å². The van der Waals surface area contributed by atoms with Gasteiger partial charge in [-0.05, 0) is 29.7 Å². The van der Waals surface area contributed by atoms with Crippen molar-refractivity contribution in [1.82, 2.24) is 5.32 Å². The minimum atomic E-state index is 0.392. The molecule has 0 amide bonds. The molecule has 3 heteroatoms. The Balaban J connectivity index is 2.06. The van der Waals surface area contributed by atoms with Crippen LogP contribution in [0.1, 0.15) is 36.9 Å². The van der Waals surface area contributed by atoms with Gasteiger partial charge in [-0.3, -0.25) is 0 Å². The minimum Gasteiger partial charge on any atom is -0.306 e. The van der Waals surface area contributed by atoms with Crippen molar-refractivity contribution in [2.24, 2.45) is 0 Å². The van der Waals surface area contributed by atoms with Crippen LogP contribution in [0.25, 0.3) is 0 Å². The molecule has 0 aliphatic carbocycles. The van der Waals surface area contributed by atoms with Crippen molar-refractivity contribution < 1.29 is 0 Å². The van der Waals surface area contributed by atoms with E-state index in [4.69, 9.17) is 11.6 Å². The number of hydrogen-bond acceptors (Lipinski definition) is 1. The van der Waals surface area contributed by atoms with Gasteiger partial charge < -0.3 is 5.32 Å². The largest absolute Gasteiger partial charge is 0.306 e. The number of rotatable bonds is 6. The smallest absolute Gasteiger partial charge is 0.0417 e. The Morgan fingerprint density at radius 1 is 1.15 bits per heavy atom. The number of halogens is 2. The minimum absolute atomic E-state index is 0.392. The van der Waals surface area contributed by atoms with E-state index in [1.807, 2.05) is 12.1 Å². The van der Waals surface area contributed by atoms with E-state index in [1.54, 1.807) is 0 Å². The van der Waals surface area contributed by atoms with Crippen LogP contribution in [0.15, 0.2) is 53.0 Å². The van der Waals surface area contributed by atoms with Gasteiger partial charge in [-0.2, -0.15) is 0 Å². The summed E-state index contributed by atoms with van der Waals surface area (Å²) in [5.41, 5.74) is 2.57. The highest BCUT2D eigenvalue weighted by Crippen LogP contribution is 2.23. The van der Waals surface area contributed by atoms with E-state index in [0.29, 0.717) is 6.04 Å². The lowest BCUT2D eigenvalue weighted by Crippen LogP contribution is -2.21. The van der Waals surface area contributed by atoms with Crippen LogP contribution in [-0.4, -0.2) is 0 Å². The normalized spacial score (nSPS) is 12.3. The van der Waals surface area contributed by atoms with Gasteiger partial charge in [0.05, 0.1) is 0 Å². The SMILES string of the molecule is CCCC(NCc1ccc(Cl)cc1Br)c1ccccc1. The molecule has 1 N–H and O–H groups in total. The molecule has 2 aromatic rings. The van der Waals surface area contributed by atoms with Crippen molar-refractivity contribution >= 4 is 27.5 Å². The second kappa shape index (κ2) is 7.82. The Morgan fingerprint density at radius 3 is 2.55 bits per heavy atom. The Bertz CT molecular complexity index is 542. The third-order valence-electron chi connectivity index (χ3n) is 3.33. The standard InChI is InChI=1S/C17H19BrClN/c1-2-6-17(13-7-4-3-5-8-13)20-12-14-9-10-15(19)11-16(14)18/h3-5,7-11,17,20H,2,6,12H2,1H3. The molecule has 0 aliphatic heterocycles. The fraction of sp³-hybridized carbons (Fsp3) is 0.294. The van der Waals surface area contributed by atoms with Crippen molar-refractivity contribution in [3.63, 3.8) is 0 Å². The molecule has 0 aromatic heterocycles. The van der Waals surface area contributed by atoms with Gasteiger partial charge in [0.1, 0.15) is 0 Å². The first kappa shape index (κ1) is 15.6. The lowest BCUT2D eigenvalue weighted by atomic mass is 10.0. The monoisotopic (exact) mass is 351 g/mol. The average molecular weight is 353 g/mol. The van der Waals surface area contributed by atoms with Crippen LogP contribution in [0.5, 0.6) is 0 Å². The van der Waals surface area contributed by atoms with Gasteiger partial charge in [0.25, 0.3) is 0 Å². The molecule has 0 bridgehead atoms. The Kier molecular flexibility index (Phi) is 6.08. The molecule has 1 nitrogen and oxygen atoms in total. The molecule has 1 atom stereocenters. The molecule has 0 heterocycles. The maximum Gasteiger partial charge on any atom is 0.0417 e. The molecule has 106 valence electrons. The van der Waals surface area contributed by atoms with Crippen LogP contribution in [0, 0.1) is 0 Å². The summed E-state index contributed by atoms with van der Waals surface area (Å²) in [4.78, 5) is 0. The summed E-state index contributed by atoms with van der Waals surface area (Å²) >= 11 is 9.54. The van der Waals surface area contributed by atoms with Gasteiger partial charge in [0, 0.05) is 22.1 Å². The molecular formula is C17H19BrClN. The summed E-state index contributed by atoms with van der Waals surface area (Å²) < 4.78 is 1.06. The van der Waals surface area contributed by atoms with Crippen molar-refractivity contribution in [3.05, 3.63) is 69.2 Å². The van der Waals surface area contributed by atoms with Crippen LogP contribution in [0.2, 0.25) is 5.02 Å². The second-order valence-electron chi connectivity index (χ2n) is 4.87. The predicted octanol–water partition coefficient (Wildman–Crippen LogP) is 5.73. The molecule has 0 fully saturated rings. The first-order chi connectivity index (χ1) is 9.70. The van der Waals surface area contributed by atoms with Gasteiger partial charge in [-0.1, -0.05) is 77.3 Å². The molecule has 20 heavy (non-hydrogen) atoms. The van der Waals surface area contributed by atoms with E-state index in [2.05, 4.69) is 64.6 Å². The zero-order valence-electron chi connectivity index (χ0n) is 11.6. The van der Waals surface area contributed by atoms with Gasteiger partial charge in [-0.15, -0.1) is 0 Å². The lowest BCUT2D eigenvalue weighted by Gasteiger charge is -2.19. The average Bonchev–Trinajstić information content (AvgIpc) is 2.46. The molecule has 0 saturated heterocycles. The first-order valence-corrected chi connectivity index (χ1v) is 8.10. The summed E-state index contributed by atoms with van der Waals surface area (Å²) in [5, 5.41) is 4.40. The highest BCUT2D eigenvalue weighted by molar-refractivity contribution is 9.10. The van der Waals surface area contributed by atoms with Crippen molar-refractivity contribution in [2.45, 2.75) is 32.4 Å². The molecule has 0 saturated carbocycles. The topological polar surface area (TPSA) is 12.0 Å². The van der Waals surface area contributed by atoms with Crippen molar-refractivity contribution in [2.75, 3.05) is 0 Å². The van der Waals surface area contributed by atoms with Crippen molar-refractivity contribution in [3.8, 4) is 0 Å². The first-order valence-electron chi connectivity index (χ1n) is 6.93. The molecular weight excluding hydrogens is 334 g/mol. The fourth-order valence-electron chi connectivity index (χ4n) is 2.26. The van der Waals surface area contributed by atoms with Gasteiger partial charge in [-0.25, -0.2) is 0 Å². The van der Waals surface area contributed by atoms with E-state index in [9.17, 15) is 0 Å². The predicted molar refractivity (Wildman–Crippen MR) is 90.1 cm³/mol. The summed E-state index contributed by atoms with van der Waals surface area (Å²) in [6.45, 7) is 3.05. The van der Waals surface area contributed by atoms with Crippen LogP contribution in [0.4, 0.5) is 0 Å². The van der Waals surface area contributed by atoms with Crippen LogP contribution < -0.4 is 5.32 Å². The summed E-state index contributed by atoms with van der Waals surface area (Å²) in [7, 11) is 0. The molecule has 1 unspecified atom stereocenters. The number of hydrogen-bond donors (Lipinski definition) is 1. The van der Waals surface area contributed by atoms with E-state index in [1.165, 1.54) is 11.1 Å². The van der Waals surface area contributed by atoms with Crippen molar-refractivity contribution in [1.29, 1.82) is 0 Å². The number of benzene rings is 2. The fourth-order valence-corrected chi connectivity index (χ4v) is 3.08. The maximum absolute atomic E-state index is 5.97. The van der Waals surface area contributed by atoms with E-state index >= 15 is 0 Å². The Labute approximate surface area is 134 Å². The summed E-state index contributed by atoms with van der Waals surface area (Å²) in [6, 6.07) is 16.9. The zero-order chi connectivity index (χ0) is 14.4. The molecule has 2 aromatic carbocycles. The van der Waals surface area contributed by atoms with Gasteiger partial charge >= 0.3 is 0 Å². The van der Waals surface area contributed by atoms with Gasteiger partial charge in [0.2, 0.25) is 0 Å². The summed E-state index contributed by atoms with van der Waals surface area (Å²) in [5.74, 6) is 0. The Morgan fingerprint density at radius 2 is 1.90 bits per heavy atom. The molecule has 0 spiro atoms. The van der Waals surface area contributed by atoms with Crippen LogP contribution >= 0.6 is 27.5 Å². The number of nitrogens with one attached hydrogen (secondary N) is 1. The van der Waals surface area contributed by atoms with E-state index in [0.717, 1.165) is 28.9 Å². The van der Waals surface area contributed by atoms with E-state index < -0.39 is 0 Å². The van der Waals surface area contributed by atoms with Crippen LogP contribution in [-0.2, 0) is 6.54 Å². The third-order valence-corrected chi connectivity index (χ3v) is 4.31. The maximum atomic E-state index is 5.97.